The third kappa shape index (κ3) is 6.28. The molecule has 0 aromatic heterocycles. The van der Waals surface area contributed by atoms with E-state index in [9.17, 15) is 0 Å². The highest BCUT2D eigenvalue weighted by Crippen LogP contribution is 2.04. The Morgan fingerprint density at radius 2 is 2.09 bits per heavy atom. The first-order valence-corrected chi connectivity index (χ1v) is 4.44. The van der Waals surface area contributed by atoms with Crippen LogP contribution in [-0.2, 0) is 0 Å². The van der Waals surface area contributed by atoms with Gasteiger partial charge in [-0.15, -0.1) is 0 Å². The van der Waals surface area contributed by atoms with Crippen molar-refractivity contribution in [3.63, 3.8) is 0 Å². The summed E-state index contributed by atoms with van der Waals surface area (Å²) in [6, 6.07) is 0.271. The molecule has 0 bridgehead atoms. The Hall–Kier alpha value is -0.120. The third-order valence-corrected chi connectivity index (χ3v) is 1.93. The highest BCUT2D eigenvalue weighted by atomic mass is 16.5. The summed E-state index contributed by atoms with van der Waals surface area (Å²) in [5, 5.41) is 8.61. The van der Waals surface area contributed by atoms with Gasteiger partial charge in [-0.3, -0.25) is 0 Å². The van der Waals surface area contributed by atoms with Gasteiger partial charge in [0.25, 0.3) is 0 Å². The van der Waals surface area contributed by atoms with Crippen molar-refractivity contribution in [1.29, 1.82) is 0 Å². The van der Waals surface area contributed by atoms with Crippen LogP contribution in [0.1, 0.15) is 39.0 Å². The van der Waals surface area contributed by atoms with Gasteiger partial charge in [-0.1, -0.05) is 19.8 Å². The number of hydroxylamine groups is 1. The lowest BCUT2D eigenvalue weighted by Gasteiger charge is -2.11. The number of nitrogens with two attached hydrogens (primary N) is 1. The molecule has 0 aromatic carbocycles. The Morgan fingerprint density at radius 3 is 2.55 bits per heavy atom. The molecule has 0 saturated heterocycles. The summed E-state index contributed by atoms with van der Waals surface area (Å²) < 4.78 is 0. The number of hydrogen-bond acceptors (Lipinski definition) is 3. The fourth-order valence-electron chi connectivity index (χ4n) is 1.07. The average Bonchev–Trinajstić information content (AvgIpc) is 2.05. The van der Waals surface area contributed by atoms with Gasteiger partial charge in [0.05, 0.1) is 0 Å². The van der Waals surface area contributed by atoms with Crippen molar-refractivity contribution < 1.29 is 5.21 Å². The van der Waals surface area contributed by atoms with Gasteiger partial charge < -0.3 is 10.9 Å². The molecule has 0 aliphatic heterocycles. The van der Waals surface area contributed by atoms with Crippen molar-refractivity contribution in [2.75, 3.05) is 6.54 Å². The third-order valence-electron chi connectivity index (χ3n) is 1.93. The Kier molecular flexibility index (Phi) is 7.89. The summed E-state index contributed by atoms with van der Waals surface area (Å²) in [7, 11) is 0. The first kappa shape index (κ1) is 10.9. The zero-order chi connectivity index (χ0) is 8.53. The molecular formula is C8H20N2O. The quantitative estimate of drug-likeness (QED) is 0.388. The normalized spacial score (nSPS) is 13.4. The van der Waals surface area contributed by atoms with E-state index in [-0.39, 0.29) is 6.04 Å². The molecule has 0 rings (SSSR count). The van der Waals surface area contributed by atoms with Gasteiger partial charge in [0.15, 0.2) is 0 Å². The van der Waals surface area contributed by atoms with Gasteiger partial charge in [-0.2, -0.15) is 0 Å². The van der Waals surface area contributed by atoms with Gasteiger partial charge >= 0.3 is 0 Å². The first-order chi connectivity index (χ1) is 5.35. The van der Waals surface area contributed by atoms with E-state index in [1.807, 2.05) is 0 Å². The first-order valence-electron chi connectivity index (χ1n) is 4.44. The Morgan fingerprint density at radius 1 is 1.36 bits per heavy atom. The van der Waals surface area contributed by atoms with Gasteiger partial charge in [0.2, 0.25) is 0 Å². The lowest BCUT2D eigenvalue weighted by Crippen LogP contribution is -2.24. The van der Waals surface area contributed by atoms with Crippen molar-refractivity contribution in [1.82, 2.24) is 5.48 Å². The maximum absolute atomic E-state index is 8.61. The predicted molar refractivity (Wildman–Crippen MR) is 46.5 cm³/mol. The lowest BCUT2D eigenvalue weighted by atomic mass is 10.1. The number of rotatable bonds is 7. The Labute approximate surface area is 68.9 Å². The Balaban J connectivity index is 3.07. The molecule has 0 aromatic rings. The fraction of sp³-hybridized carbons (Fsp3) is 1.00. The molecule has 0 heterocycles. The van der Waals surface area contributed by atoms with Gasteiger partial charge in [-0.05, 0) is 25.8 Å². The van der Waals surface area contributed by atoms with E-state index in [1.165, 1.54) is 6.42 Å². The molecule has 0 saturated carbocycles. The molecule has 1 unspecified atom stereocenters. The van der Waals surface area contributed by atoms with Gasteiger partial charge in [-0.25, -0.2) is 5.48 Å². The molecule has 0 spiro atoms. The van der Waals surface area contributed by atoms with Crippen molar-refractivity contribution in [2.24, 2.45) is 5.73 Å². The smallest absolute Gasteiger partial charge is 0.0317 e. The molecule has 4 N–H and O–H groups in total. The largest absolute Gasteiger partial charge is 0.330 e. The summed E-state index contributed by atoms with van der Waals surface area (Å²) in [4.78, 5) is 0. The van der Waals surface area contributed by atoms with Gasteiger partial charge in [0, 0.05) is 6.04 Å². The molecule has 0 fully saturated rings. The van der Waals surface area contributed by atoms with E-state index in [4.69, 9.17) is 10.9 Å². The molecule has 3 nitrogen and oxygen atoms in total. The van der Waals surface area contributed by atoms with Crippen molar-refractivity contribution in [2.45, 2.75) is 45.1 Å². The van der Waals surface area contributed by atoms with Crippen LogP contribution in [0.3, 0.4) is 0 Å². The van der Waals surface area contributed by atoms with Crippen LogP contribution in [0, 0.1) is 0 Å². The minimum Gasteiger partial charge on any atom is -0.330 e. The second-order valence-electron chi connectivity index (χ2n) is 2.87. The van der Waals surface area contributed by atoms with Crippen LogP contribution >= 0.6 is 0 Å². The summed E-state index contributed by atoms with van der Waals surface area (Å²) in [6.45, 7) is 2.85. The molecular weight excluding hydrogens is 140 g/mol. The van der Waals surface area contributed by atoms with E-state index in [2.05, 4.69) is 12.4 Å². The minimum absolute atomic E-state index is 0.271. The molecule has 0 amide bonds. The van der Waals surface area contributed by atoms with Crippen molar-refractivity contribution in [3.8, 4) is 0 Å². The predicted octanol–water partition coefficient (Wildman–Crippen LogP) is 1.26. The van der Waals surface area contributed by atoms with Crippen molar-refractivity contribution >= 4 is 0 Å². The van der Waals surface area contributed by atoms with Crippen LogP contribution in [0.25, 0.3) is 0 Å². The highest BCUT2D eigenvalue weighted by Gasteiger charge is 2.01. The summed E-state index contributed by atoms with van der Waals surface area (Å²) >= 11 is 0. The molecule has 11 heavy (non-hydrogen) atoms. The van der Waals surface area contributed by atoms with E-state index in [0.717, 1.165) is 32.2 Å². The monoisotopic (exact) mass is 160 g/mol. The number of nitrogens with one attached hydrogen (secondary N) is 1. The number of unbranched alkanes of at least 4 members (excludes halogenated alkanes) is 2. The average molecular weight is 160 g/mol. The Bertz CT molecular complexity index is 74.5. The molecule has 0 aliphatic rings. The lowest BCUT2D eigenvalue weighted by molar-refractivity contribution is 0.118. The van der Waals surface area contributed by atoms with Crippen LogP contribution < -0.4 is 11.2 Å². The molecule has 0 radical (unpaired) electrons. The van der Waals surface area contributed by atoms with Gasteiger partial charge in [0.1, 0.15) is 0 Å². The van der Waals surface area contributed by atoms with Crippen LogP contribution in [0.5, 0.6) is 0 Å². The van der Waals surface area contributed by atoms with E-state index >= 15 is 0 Å². The van der Waals surface area contributed by atoms with Crippen LogP contribution in [0.4, 0.5) is 0 Å². The molecule has 1 atom stereocenters. The van der Waals surface area contributed by atoms with E-state index in [0.29, 0.717) is 0 Å². The van der Waals surface area contributed by atoms with Crippen LogP contribution in [-0.4, -0.2) is 17.8 Å². The number of hydrogen-bond donors (Lipinski definition) is 3. The summed E-state index contributed by atoms with van der Waals surface area (Å²) in [5.41, 5.74) is 7.64. The van der Waals surface area contributed by atoms with Crippen LogP contribution in [0.2, 0.25) is 0 Å². The molecule has 0 aliphatic carbocycles. The standard InChI is InChI=1S/C8H20N2O/c1-2-8(10-11)6-4-3-5-7-9/h8,10-11H,2-7,9H2,1H3. The maximum Gasteiger partial charge on any atom is 0.0317 e. The maximum atomic E-state index is 8.61. The van der Waals surface area contributed by atoms with Crippen LogP contribution in [0.15, 0.2) is 0 Å². The summed E-state index contributed by atoms with van der Waals surface area (Å²) in [6.07, 6.45) is 5.46. The topological polar surface area (TPSA) is 58.3 Å². The minimum atomic E-state index is 0.271. The zero-order valence-electron chi connectivity index (χ0n) is 7.34. The van der Waals surface area contributed by atoms with E-state index in [1.54, 1.807) is 0 Å². The summed E-state index contributed by atoms with van der Waals surface area (Å²) in [5.74, 6) is 0. The van der Waals surface area contributed by atoms with E-state index < -0.39 is 0 Å². The molecule has 68 valence electrons. The molecule has 3 heteroatoms. The zero-order valence-corrected chi connectivity index (χ0v) is 7.34. The second-order valence-corrected chi connectivity index (χ2v) is 2.87. The fourth-order valence-corrected chi connectivity index (χ4v) is 1.07. The highest BCUT2D eigenvalue weighted by molar-refractivity contribution is 4.58. The SMILES string of the molecule is CCC(CCCCCN)NO. The van der Waals surface area contributed by atoms with Crippen molar-refractivity contribution in [3.05, 3.63) is 0 Å². The second kappa shape index (κ2) is 7.98.